The van der Waals surface area contributed by atoms with Gasteiger partial charge in [-0.15, -0.1) is 0 Å². The van der Waals surface area contributed by atoms with Crippen LogP contribution in [0, 0.1) is 13.8 Å². The lowest BCUT2D eigenvalue weighted by molar-refractivity contribution is -0.117. The summed E-state index contributed by atoms with van der Waals surface area (Å²) in [6.45, 7) is 4.03. The summed E-state index contributed by atoms with van der Waals surface area (Å²) < 4.78 is 0. The van der Waals surface area contributed by atoms with Gasteiger partial charge in [0.1, 0.15) is 6.04 Å². The molecule has 154 valence electrons. The molecule has 4 rings (SSSR count). The zero-order valence-corrected chi connectivity index (χ0v) is 17.8. The van der Waals surface area contributed by atoms with Crippen LogP contribution >= 0.6 is 0 Å². The van der Waals surface area contributed by atoms with Crippen LogP contribution in [0.15, 0.2) is 103 Å². The highest BCUT2D eigenvalue weighted by atomic mass is 16.2. The van der Waals surface area contributed by atoms with E-state index in [9.17, 15) is 4.79 Å². The first-order valence-corrected chi connectivity index (χ1v) is 10.5. The van der Waals surface area contributed by atoms with Crippen molar-refractivity contribution in [1.29, 1.82) is 0 Å². The van der Waals surface area contributed by atoms with E-state index in [1.54, 1.807) is 0 Å². The normalized spacial score (nSPS) is 11.5. The molecule has 0 aliphatic rings. The molecule has 1 amide bonds. The van der Waals surface area contributed by atoms with Crippen LogP contribution in [0.3, 0.4) is 0 Å². The summed E-state index contributed by atoms with van der Waals surface area (Å²) >= 11 is 0. The Kier molecular flexibility index (Phi) is 6.13. The fraction of sp³-hybridized carbons (Fsp3) is 0.107. The molecule has 31 heavy (non-hydrogen) atoms. The van der Waals surface area contributed by atoms with Crippen molar-refractivity contribution in [3.8, 4) is 11.1 Å². The second-order valence-corrected chi connectivity index (χ2v) is 7.74. The average Bonchev–Trinajstić information content (AvgIpc) is 2.81. The van der Waals surface area contributed by atoms with Crippen LogP contribution in [0.1, 0.15) is 22.7 Å². The zero-order chi connectivity index (χ0) is 21.6. The third-order valence-corrected chi connectivity index (χ3v) is 5.35. The van der Waals surface area contributed by atoms with Crippen LogP contribution in [-0.2, 0) is 4.79 Å². The number of hydrogen-bond acceptors (Lipinski definition) is 2. The molecule has 3 heteroatoms. The van der Waals surface area contributed by atoms with Gasteiger partial charge in [0.25, 0.3) is 5.91 Å². The Labute approximate surface area is 183 Å². The van der Waals surface area contributed by atoms with Gasteiger partial charge in [-0.1, -0.05) is 84.9 Å². The van der Waals surface area contributed by atoms with Gasteiger partial charge in [0.05, 0.1) is 0 Å². The molecule has 0 bridgehead atoms. The molecule has 0 unspecified atom stereocenters. The third-order valence-electron chi connectivity index (χ3n) is 5.35. The predicted molar refractivity (Wildman–Crippen MR) is 129 cm³/mol. The topological polar surface area (TPSA) is 41.1 Å². The molecule has 0 saturated heterocycles. The largest absolute Gasteiger partial charge is 0.370 e. The van der Waals surface area contributed by atoms with Gasteiger partial charge in [-0.05, 0) is 59.9 Å². The van der Waals surface area contributed by atoms with Crippen molar-refractivity contribution in [3.05, 3.63) is 120 Å². The summed E-state index contributed by atoms with van der Waals surface area (Å²) in [6, 6.07) is 33.8. The van der Waals surface area contributed by atoms with Crippen LogP contribution in [0.5, 0.6) is 0 Å². The molecule has 4 aromatic carbocycles. The lowest BCUT2D eigenvalue weighted by Gasteiger charge is -2.21. The Morgan fingerprint density at radius 2 is 1.32 bits per heavy atom. The minimum Gasteiger partial charge on any atom is -0.370 e. The number of hydrogen-bond donors (Lipinski definition) is 2. The molecule has 0 aliphatic heterocycles. The summed E-state index contributed by atoms with van der Waals surface area (Å²) in [5.41, 5.74) is 7.11. The van der Waals surface area contributed by atoms with E-state index in [1.165, 1.54) is 5.56 Å². The number of amides is 1. The predicted octanol–water partition coefficient (Wildman–Crippen LogP) is 6.76. The fourth-order valence-electron chi connectivity index (χ4n) is 3.58. The number of carbonyl (C=O) groups excluding carboxylic acids is 1. The van der Waals surface area contributed by atoms with Crippen molar-refractivity contribution in [2.45, 2.75) is 19.9 Å². The Balaban J connectivity index is 1.58. The lowest BCUT2D eigenvalue weighted by Crippen LogP contribution is -2.27. The Hall–Kier alpha value is -3.85. The van der Waals surface area contributed by atoms with Crippen LogP contribution < -0.4 is 10.6 Å². The molecule has 0 heterocycles. The SMILES string of the molecule is Cc1ccc(C)c(NC(=O)[C@H](Nc2ccc(-c3ccccc3)cc2)c2ccccc2)c1. The molecule has 0 fully saturated rings. The first kappa shape index (κ1) is 20.4. The van der Waals surface area contributed by atoms with Gasteiger partial charge >= 0.3 is 0 Å². The lowest BCUT2D eigenvalue weighted by atomic mass is 10.0. The average molecular weight is 407 g/mol. The summed E-state index contributed by atoms with van der Waals surface area (Å²) in [5, 5.41) is 6.52. The summed E-state index contributed by atoms with van der Waals surface area (Å²) in [7, 11) is 0. The summed E-state index contributed by atoms with van der Waals surface area (Å²) in [5.74, 6) is -0.0907. The first-order valence-electron chi connectivity index (χ1n) is 10.5. The maximum Gasteiger partial charge on any atom is 0.251 e. The smallest absolute Gasteiger partial charge is 0.251 e. The third kappa shape index (κ3) is 5.01. The number of benzene rings is 4. The Morgan fingerprint density at radius 1 is 0.710 bits per heavy atom. The highest BCUT2D eigenvalue weighted by Crippen LogP contribution is 2.26. The molecular weight excluding hydrogens is 380 g/mol. The molecule has 1 atom stereocenters. The van der Waals surface area contributed by atoms with Crippen molar-refractivity contribution in [3.63, 3.8) is 0 Å². The van der Waals surface area contributed by atoms with Crippen LogP contribution in [0.4, 0.5) is 11.4 Å². The molecule has 0 spiro atoms. The molecule has 0 aliphatic carbocycles. The van der Waals surface area contributed by atoms with E-state index >= 15 is 0 Å². The van der Waals surface area contributed by atoms with Crippen molar-refractivity contribution in [1.82, 2.24) is 0 Å². The minimum absolute atomic E-state index is 0.0907. The van der Waals surface area contributed by atoms with Gasteiger partial charge in [-0.2, -0.15) is 0 Å². The molecule has 2 N–H and O–H groups in total. The second kappa shape index (κ2) is 9.31. The number of carbonyl (C=O) groups is 1. The van der Waals surface area contributed by atoms with E-state index < -0.39 is 6.04 Å². The number of anilines is 2. The number of aryl methyl sites for hydroxylation is 2. The second-order valence-electron chi connectivity index (χ2n) is 7.74. The molecule has 0 aromatic heterocycles. The van der Waals surface area contributed by atoms with Gasteiger partial charge < -0.3 is 10.6 Å². The molecular formula is C28H26N2O. The van der Waals surface area contributed by atoms with E-state index in [-0.39, 0.29) is 5.91 Å². The van der Waals surface area contributed by atoms with Gasteiger partial charge in [0.2, 0.25) is 0 Å². The van der Waals surface area contributed by atoms with Crippen molar-refractivity contribution in [2.75, 3.05) is 10.6 Å². The van der Waals surface area contributed by atoms with Crippen LogP contribution in [0.2, 0.25) is 0 Å². The molecule has 3 nitrogen and oxygen atoms in total. The molecule has 4 aromatic rings. The van der Waals surface area contributed by atoms with Crippen molar-refractivity contribution < 1.29 is 4.79 Å². The Bertz CT molecular complexity index is 1150. The minimum atomic E-state index is -0.510. The van der Waals surface area contributed by atoms with Gasteiger partial charge in [0.15, 0.2) is 0 Å². The van der Waals surface area contributed by atoms with E-state index in [0.717, 1.165) is 33.6 Å². The van der Waals surface area contributed by atoms with Crippen molar-refractivity contribution >= 4 is 17.3 Å². The molecule has 0 radical (unpaired) electrons. The maximum atomic E-state index is 13.3. The van der Waals surface area contributed by atoms with E-state index in [2.05, 4.69) is 34.9 Å². The molecule has 0 saturated carbocycles. The van der Waals surface area contributed by atoms with Crippen LogP contribution in [-0.4, -0.2) is 5.91 Å². The standard InChI is InChI=1S/C28H26N2O/c1-20-13-14-21(2)26(19-20)30-28(31)27(24-11-7-4-8-12-24)29-25-17-15-23(16-18-25)22-9-5-3-6-10-22/h3-19,27,29H,1-2H3,(H,30,31)/t27-/m1/s1. The monoisotopic (exact) mass is 406 g/mol. The van der Waals surface area contributed by atoms with Gasteiger partial charge in [-0.3, -0.25) is 4.79 Å². The quantitative estimate of drug-likeness (QED) is 0.371. The highest BCUT2D eigenvalue weighted by molar-refractivity contribution is 5.98. The van der Waals surface area contributed by atoms with Crippen LogP contribution in [0.25, 0.3) is 11.1 Å². The van der Waals surface area contributed by atoms with E-state index in [1.807, 2.05) is 92.7 Å². The van der Waals surface area contributed by atoms with E-state index in [4.69, 9.17) is 0 Å². The highest BCUT2D eigenvalue weighted by Gasteiger charge is 2.21. The maximum absolute atomic E-state index is 13.3. The zero-order valence-electron chi connectivity index (χ0n) is 17.8. The summed E-state index contributed by atoms with van der Waals surface area (Å²) in [6.07, 6.45) is 0. The number of nitrogens with one attached hydrogen (secondary N) is 2. The first-order chi connectivity index (χ1) is 15.1. The summed E-state index contributed by atoms with van der Waals surface area (Å²) in [4.78, 5) is 13.3. The Morgan fingerprint density at radius 3 is 2.00 bits per heavy atom. The van der Waals surface area contributed by atoms with E-state index in [0.29, 0.717) is 0 Å². The van der Waals surface area contributed by atoms with Crippen molar-refractivity contribution in [2.24, 2.45) is 0 Å². The fourth-order valence-corrected chi connectivity index (χ4v) is 3.58. The number of rotatable bonds is 6. The van der Waals surface area contributed by atoms with Gasteiger partial charge in [-0.25, -0.2) is 0 Å². The van der Waals surface area contributed by atoms with Gasteiger partial charge in [0, 0.05) is 11.4 Å².